The first-order chi connectivity index (χ1) is 16.2. The van der Waals surface area contributed by atoms with Crippen molar-refractivity contribution in [2.45, 2.75) is 18.6 Å². The molecule has 2 atom stereocenters. The van der Waals surface area contributed by atoms with E-state index in [4.69, 9.17) is 4.74 Å². The Kier molecular flexibility index (Phi) is 6.04. The zero-order valence-corrected chi connectivity index (χ0v) is 18.4. The van der Waals surface area contributed by atoms with E-state index < -0.39 is 0 Å². The van der Waals surface area contributed by atoms with Gasteiger partial charge in [-0.25, -0.2) is 9.37 Å². The van der Waals surface area contributed by atoms with Gasteiger partial charge in [0.2, 0.25) is 5.88 Å². The monoisotopic (exact) mass is 443 g/mol. The van der Waals surface area contributed by atoms with Crippen LogP contribution in [-0.4, -0.2) is 34.0 Å². The van der Waals surface area contributed by atoms with E-state index >= 15 is 0 Å². The van der Waals surface area contributed by atoms with E-state index in [1.807, 2.05) is 56.0 Å². The second kappa shape index (κ2) is 9.42. The normalized spacial score (nSPS) is 15.9. The van der Waals surface area contributed by atoms with Gasteiger partial charge in [0, 0.05) is 30.6 Å². The number of nitrogens with zero attached hydrogens (tertiary/aromatic N) is 3. The molecule has 0 fully saturated rings. The van der Waals surface area contributed by atoms with Gasteiger partial charge < -0.3 is 15.4 Å². The molecule has 1 aliphatic heterocycles. The molecule has 168 valence electrons. The average Bonchev–Trinajstić information content (AvgIpc) is 3.29. The zero-order chi connectivity index (χ0) is 22.6. The summed E-state index contributed by atoms with van der Waals surface area (Å²) >= 11 is 0. The Labute approximate surface area is 192 Å². The predicted molar refractivity (Wildman–Crippen MR) is 127 cm³/mol. The van der Waals surface area contributed by atoms with Crippen molar-refractivity contribution in [3.05, 3.63) is 96.2 Å². The average molecular weight is 444 g/mol. The van der Waals surface area contributed by atoms with Gasteiger partial charge in [0.25, 0.3) is 0 Å². The summed E-state index contributed by atoms with van der Waals surface area (Å²) in [7, 11) is 1.90. The third kappa shape index (κ3) is 4.88. The number of ether oxygens (including phenoxy) is 1. The Morgan fingerprint density at radius 2 is 1.94 bits per heavy atom. The van der Waals surface area contributed by atoms with E-state index in [-0.39, 0.29) is 18.0 Å². The molecular weight excluding hydrogens is 417 g/mol. The summed E-state index contributed by atoms with van der Waals surface area (Å²) in [5, 5.41) is 11.4. The maximum Gasteiger partial charge on any atom is 0.237 e. The molecule has 2 N–H and O–H groups in total. The van der Waals surface area contributed by atoms with E-state index in [2.05, 4.69) is 38.9 Å². The first kappa shape index (κ1) is 21.2. The number of anilines is 1. The van der Waals surface area contributed by atoms with Crippen molar-refractivity contribution < 1.29 is 9.13 Å². The molecule has 0 saturated carbocycles. The first-order valence-corrected chi connectivity index (χ1v) is 11.1. The number of aromatic nitrogens is 3. The van der Waals surface area contributed by atoms with Crippen LogP contribution >= 0.6 is 0 Å². The van der Waals surface area contributed by atoms with E-state index in [1.54, 1.807) is 4.68 Å². The molecular formula is C26H26FN5O. The molecule has 1 aliphatic rings. The van der Waals surface area contributed by atoms with Gasteiger partial charge in [-0.15, -0.1) is 0 Å². The molecule has 3 heterocycles. The number of benzene rings is 2. The number of hydrogen-bond acceptors (Lipinski definition) is 5. The van der Waals surface area contributed by atoms with Crippen molar-refractivity contribution in [1.82, 2.24) is 20.1 Å². The smallest absolute Gasteiger partial charge is 0.237 e. The van der Waals surface area contributed by atoms with Gasteiger partial charge in [0.15, 0.2) is 0 Å². The molecule has 0 aliphatic carbocycles. The fourth-order valence-electron chi connectivity index (χ4n) is 4.13. The summed E-state index contributed by atoms with van der Waals surface area (Å²) < 4.78 is 21.3. The van der Waals surface area contributed by atoms with Crippen LogP contribution in [-0.2, 0) is 13.5 Å². The van der Waals surface area contributed by atoms with Crippen LogP contribution in [0.3, 0.4) is 0 Å². The van der Waals surface area contributed by atoms with Crippen LogP contribution in [0.5, 0.6) is 5.88 Å². The number of pyridine rings is 1. The summed E-state index contributed by atoms with van der Waals surface area (Å²) in [6, 6.07) is 19.0. The number of fused-ring (bicyclic) bond motifs is 1. The van der Waals surface area contributed by atoms with Crippen molar-refractivity contribution in [2.24, 2.45) is 7.05 Å². The highest BCUT2D eigenvalue weighted by Crippen LogP contribution is 2.34. The van der Waals surface area contributed by atoms with Crippen molar-refractivity contribution in [3.8, 4) is 17.0 Å². The summed E-state index contributed by atoms with van der Waals surface area (Å²) in [5.41, 5.74) is 5.13. The number of halogens is 1. The fourth-order valence-corrected chi connectivity index (χ4v) is 4.13. The van der Waals surface area contributed by atoms with Crippen LogP contribution in [0.1, 0.15) is 17.2 Å². The number of rotatable bonds is 7. The second-order valence-electron chi connectivity index (χ2n) is 8.24. The molecule has 5 rings (SSSR count). The third-order valence-electron chi connectivity index (χ3n) is 5.87. The molecule has 2 aromatic heterocycles. The molecule has 7 heteroatoms. The highest BCUT2D eigenvalue weighted by molar-refractivity contribution is 5.69. The number of hydrogen-bond donors (Lipinski definition) is 2. The second-order valence-corrected chi connectivity index (χ2v) is 8.24. The lowest BCUT2D eigenvalue weighted by atomic mass is 9.99. The third-order valence-corrected chi connectivity index (χ3v) is 5.87. The van der Waals surface area contributed by atoms with E-state index in [0.717, 1.165) is 40.9 Å². The van der Waals surface area contributed by atoms with Crippen LogP contribution < -0.4 is 15.4 Å². The summed E-state index contributed by atoms with van der Waals surface area (Å²) in [6.07, 6.45) is 6.27. The lowest BCUT2D eigenvalue weighted by molar-refractivity contribution is 0.150. The van der Waals surface area contributed by atoms with Gasteiger partial charge in [-0.3, -0.25) is 4.68 Å². The highest BCUT2D eigenvalue weighted by atomic mass is 19.1. The van der Waals surface area contributed by atoms with Crippen LogP contribution in [0.15, 0.2) is 79.3 Å². The molecule has 0 unspecified atom stereocenters. The van der Waals surface area contributed by atoms with Gasteiger partial charge >= 0.3 is 0 Å². The van der Waals surface area contributed by atoms with Crippen LogP contribution in [0.4, 0.5) is 10.1 Å². The first-order valence-electron chi connectivity index (χ1n) is 11.1. The van der Waals surface area contributed by atoms with E-state index in [9.17, 15) is 4.39 Å². The predicted octanol–water partition coefficient (Wildman–Crippen LogP) is 4.37. The van der Waals surface area contributed by atoms with Gasteiger partial charge in [0.1, 0.15) is 11.9 Å². The Bertz CT molecular complexity index is 1210. The Morgan fingerprint density at radius 1 is 1.12 bits per heavy atom. The molecule has 0 saturated heterocycles. The van der Waals surface area contributed by atoms with E-state index in [0.29, 0.717) is 12.4 Å². The topological polar surface area (TPSA) is 64.0 Å². The van der Waals surface area contributed by atoms with Crippen LogP contribution in [0, 0.1) is 5.82 Å². The van der Waals surface area contributed by atoms with Crippen molar-refractivity contribution in [3.63, 3.8) is 0 Å². The molecule has 0 amide bonds. The Balaban J connectivity index is 1.31. The fraction of sp³-hybridized carbons (Fsp3) is 0.231. The van der Waals surface area contributed by atoms with Gasteiger partial charge in [-0.1, -0.05) is 42.5 Å². The zero-order valence-electron chi connectivity index (χ0n) is 18.4. The minimum absolute atomic E-state index is 0.0212. The van der Waals surface area contributed by atoms with Crippen molar-refractivity contribution in [2.75, 3.05) is 18.4 Å². The van der Waals surface area contributed by atoms with Crippen molar-refractivity contribution in [1.29, 1.82) is 0 Å². The highest BCUT2D eigenvalue weighted by Gasteiger charge is 2.29. The molecule has 0 bridgehead atoms. The Morgan fingerprint density at radius 3 is 2.70 bits per heavy atom. The summed E-state index contributed by atoms with van der Waals surface area (Å²) in [6.45, 7) is 1.39. The minimum Gasteiger partial charge on any atom is -0.469 e. The number of nitrogens with one attached hydrogen (secondary N) is 2. The van der Waals surface area contributed by atoms with Crippen molar-refractivity contribution >= 4 is 5.69 Å². The van der Waals surface area contributed by atoms with Crippen LogP contribution in [0.25, 0.3) is 11.1 Å². The molecule has 6 nitrogen and oxygen atoms in total. The standard InChI is InChI=1S/C26H26FN5O/c1-32-17-21(15-31-32)20-13-23-26(30-14-20)33-24(16-29-23)25(19-5-3-2-4-6-19)28-12-11-18-7-9-22(27)10-8-18/h2-10,13-15,17,24-25,28-29H,11-12,16H2,1H3/t24-,25+/m0/s1. The summed E-state index contributed by atoms with van der Waals surface area (Å²) in [5.74, 6) is 0.383. The minimum atomic E-state index is -0.214. The SMILES string of the molecule is Cn1cc(-c2cnc3c(c2)NC[C@@H]([C@H](NCCc2ccc(F)cc2)c2ccccc2)O3)cn1. The van der Waals surface area contributed by atoms with Crippen LogP contribution in [0.2, 0.25) is 0 Å². The molecule has 33 heavy (non-hydrogen) atoms. The largest absolute Gasteiger partial charge is 0.469 e. The van der Waals surface area contributed by atoms with Gasteiger partial charge in [-0.05, 0) is 42.3 Å². The van der Waals surface area contributed by atoms with E-state index in [1.165, 1.54) is 12.1 Å². The molecule has 4 aromatic rings. The summed E-state index contributed by atoms with van der Waals surface area (Å²) in [4.78, 5) is 4.58. The lowest BCUT2D eigenvalue weighted by Gasteiger charge is -2.33. The molecule has 0 radical (unpaired) electrons. The maximum atomic E-state index is 13.2. The maximum absolute atomic E-state index is 13.2. The number of aryl methyl sites for hydroxylation is 1. The van der Waals surface area contributed by atoms with Gasteiger partial charge in [0.05, 0.1) is 24.5 Å². The molecule has 2 aromatic carbocycles. The lowest BCUT2D eigenvalue weighted by Crippen LogP contribution is -2.43. The molecule has 0 spiro atoms. The Hall–Kier alpha value is -3.71. The quantitative estimate of drug-likeness (QED) is 0.444. The van der Waals surface area contributed by atoms with Gasteiger partial charge in [-0.2, -0.15) is 5.10 Å².